The third-order valence-corrected chi connectivity index (χ3v) is 2.55. The summed E-state index contributed by atoms with van der Waals surface area (Å²) in [6, 6.07) is -0.699. The van der Waals surface area contributed by atoms with Crippen molar-refractivity contribution in [3.8, 4) is 0 Å². The quantitative estimate of drug-likeness (QED) is 0.616. The van der Waals surface area contributed by atoms with Crippen molar-refractivity contribution in [2.75, 3.05) is 26.4 Å². The van der Waals surface area contributed by atoms with Crippen molar-refractivity contribution in [3.63, 3.8) is 0 Å². The maximum Gasteiger partial charge on any atom is 0.323 e. The Morgan fingerprint density at radius 3 is 2.80 bits per heavy atom. The Balaban J connectivity index is 2.14. The highest BCUT2D eigenvalue weighted by atomic mass is 16.5. The number of ether oxygens (including phenoxy) is 2. The highest BCUT2D eigenvalue weighted by Gasteiger charge is 2.19. The summed E-state index contributed by atoms with van der Waals surface area (Å²) in [4.78, 5) is 11.3. The van der Waals surface area contributed by atoms with E-state index in [4.69, 9.17) is 20.3 Å². The summed E-state index contributed by atoms with van der Waals surface area (Å²) in [6.45, 7) is 1.81. The first-order valence-electron chi connectivity index (χ1n) is 5.35. The van der Waals surface area contributed by atoms with E-state index >= 15 is 0 Å². The zero-order chi connectivity index (χ0) is 11.1. The summed E-state index contributed by atoms with van der Waals surface area (Å²) < 4.78 is 10.3. The van der Waals surface area contributed by atoms with E-state index in [2.05, 4.69) is 0 Å². The van der Waals surface area contributed by atoms with Gasteiger partial charge in [-0.15, -0.1) is 0 Å². The van der Waals surface area contributed by atoms with Gasteiger partial charge in [-0.2, -0.15) is 0 Å². The van der Waals surface area contributed by atoms with Crippen LogP contribution in [0.3, 0.4) is 0 Å². The molecule has 1 heterocycles. The molecule has 3 N–H and O–H groups in total. The zero-order valence-corrected chi connectivity index (χ0v) is 8.85. The maximum absolute atomic E-state index is 11.3. The van der Waals surface area contributed by atoms with Crippen LogP contribution < -0.4 is 5.73 Å². The van der Waals surface area contributed by atoms with Gasteiger partial charge in [0.15, 0.2) is 0 Å². The number of hydrogen-bond acceptors (Lipinski definition) is 5. The molecule has 0 aromatic heterocycles. The lowest BCUT2D eigenvalue weighted by Crippen LogP contribution is -2.34. The molecule has 0 bridgehead atoms. The summed E-state index contributed by atoms with van der Waals surface area (Å²) in [5, 5.41) is 8.60. The summed E-state index contributed by atoms with van der Waals surface area (Å²) in [6.07, 6.45) is 2.12. The third kappa shape index (κ3) is 4.59. The molecule has 1 aliphatic heterocycles. The number of nitrogens with two attached hydrogens (primary N) is 1. The second-order valence-electron chi connectivity index (χ2n) is 3.80. The zero-order valence-electron chi connectivity index (χ0n) is 8.85. The van der Waals surface area contributed by atoms with Gasteiger partial charge >= 0.3 is 5.97 Å². The molecule has 5 heteroatoms. The second kappa shape index (κ2) is 6.76. The molecular weight excluding hydrogens is 198 g/mol. The number of rotatable bonds is 5. The molecule has 0 spiro atoms. The number of hydrogen-bond donors (Lipinski definition) is 2. The Morgan fingerprint density at radius 2 is 2.20 bits per heavy atom. The second-order valence-corrected chi connectivity index (χ2v) is 3.80. The van der Waals surface area contributed by atoms with Crippen LogP contribution in [0.15, 0.2) is 0 Å². The van der Waals surface area contributed by atoms with Gasteiger partial charge in [0.1, 0.15) is 6.04 Å². The predicted molar refractivity (Wildman–Crippen MR) is 54.2 cm³/mol. The Labute approximate surface area is 89.5 Å². The summed E-state index contributed by atoms with van der Waals surface area (Å²) in [7, 11) is 0. The smallest absolute Gasteiger partial charge is 0.323 e. The van der Waals surface area contributed by atoms with Gasteiger partial charge in [-0.1, -0.05) is 0 Å². The van der Waals surface area contributed by atoms with E-state index in [1.165, 1.54) is 0 Å². The lowest BCUT2D eigenvalue weighted by molar-refractivity contribution is -0.147. The molecule has 0 aromatic rings. The van der Waals surface area contributed by atoms with E-state index in [0.29, 0.717) is 12.5 Å². The van der Waals surface area contributed by atoms with Gasteiger partial charge in [0.2, 0.25) is 0 Å². The molecule has 1 saturated heterocycles. The van der Waals surface area contributed by atoms with Crippen LogP contribution in [0, 0.1) is 5.92 Å². The molecule has 88 valence electrons. The highest BCUT2D eigenvalue weighted by molar-refractivity contribution is 5.75. The van der Waals surface area contributed by atoms with Crippen LogP contribution in [0.5, 0.6) is 0 Å². The molecule has 5 nitrogen and oxygen atoms in total. The topological polar surface area (TPSA) is 81.8 Å². The average Bonchev–Trinajstić information content (AvgIpc) is 2.27. The molecule has 0 amide bonds. The molecule has 1 rings (SSSR count). The van der Waals surface area contributed by atoms with Crippen LogP contribution in [-0.2, 0) is 14.3 Å². The van der Waals surface area contributed by atoms with Gasteiger partial charge in [-0.05, 0) is 25.2 Å². The molecule has 0 aliphatic carbocycles. The largest absolute Gasteiger partial charge is 0.464 e. The molecule has 0 radical (unpaired) electrons. The molecule has 1 atom stereocenters. The molecule has 1 fully saturated rings. The van der Waals surface area contributed by atoms with Crippen LogP contribution in [-0.4, -0.2) is 43.5 Å². The van der Waals surface area contributed by atoms with E-state index in [0.717, 1.165) is 26.1 Å². The highest BCUT2D eigenvalue weighted by Crippen LogP contribution is 2.14. The first kappa shape index (κ1) is 12.4. The number of aliphatic hydroxyl groups is 1. The van der Waals surface area contributed by atoms with Gasteiger partial charge < -0.3 is 20.3 Å². The fourth-order valence-corrected chi connectivity index (χ4v) is 1.48. The molecule has 1 aliphatic rings. The van der Waals surface area contributed by atoms with Crippen molar-refractivity contribution >= 4 is 5.97 Å². The first-order chi connectivity index (χ1) is 7.24. The van der Waals surface area contributed by atoms with Gasteiger partial charge in [0.05, 0.1) is 6.61 Å². The average molecular weight is 217 g/mol. The van der Waals surface area contributed by atoms with Crippen molar-refractivity contribution in [1.82, 2.24) is 0 Å². The molecule has 0 saturated carbocycles. The van der Waals surface area contributed by atoms with E-state index < -0.39 is 12.0 Å². The third-order valence-electron chi connectivity index (χ3n) is 2.55. The van der Waals surface area contributed by atoms with Crippen molar-refractivity contribution in [2.45, 2.75) is 25.3 Å². The van der Waals surface area contributed by atoms with Gasteiger partial charge in [0, 0.05) is 19.8 Å². The minimum Gasteiger partial charge on any atom is -0.464 e. The fourth-order valence-electron chi connectivity index (χ4n) is 1.48. The van der Waals surface area contributed by atoms with E-state index in [-0.39, 0.29) is 13.0 Å². The fraction of sp³-hybridized carbons (Fsp3) is 0.900. The summed E-state index contributed by atoms with van der Waals surface area (Å²) >= 11 is 0. The number of esters is 1. The van der Waals surface area contributed by atoms with Gasteiger partial charge in [0.25, 0.3) is 0 Å². The summed E-state index contributed by atoms with van der Waals surface area (Å²) in [5.74, 6) is -0.0282. The van der Waals surface area contributed by atoms with Crippen molar-refractivity contribution in [2.24, 2.45) is 11.7 Å². The van der Waals surface area contributed by atoms with E-state index in [1.807, 2.05) is 0 Å². The minimum atomic E-state index is -0.699. The van der Waals surface area contributed by atoms with Crippen LogP contribution in [0.2, 0.25) is 0 Å². The Bertz CT molecular complexity index is 192. The Kier molecular flexibility index (Phi) is 5.60. The van der Waals surface area contributed by atoms with Gasteiger partial charge in [-0.3, -0.25) is 4.79 Å². The van der Waals surface area contributed by atoms with Crippen LogP contribution in [0.1, 0.15) is 19.3 Å². The molecular formula is C10H19NO4. The SMILES string of the molecule is N[C@@H](CCO)C(=O)OCC1CCOCC1. The Hall–Kier alpha value is -0.650. The molecule has 0 aromatic carbocycles. The van der Waals surface area contributed by atoms with Crippen molar-refractivity contribution < 1.29 is 19.4 Å². The van der Waals surface area contributed by atoms with E-state index in [9.17, 15) is 4.79 Å². The van der Waals surface area contributed by atoms with Gasteiger partial charge in [-0.25, -0.2) is 0 Å². The van der Waals surface area contributed by atoms with Crippen LogP contribution in [0.4, 0.5) is 0 Å². The lowest BCUT2D eigenvalue weighted by Gasteiger charge is -2.22. The van der Waals surface area contributed by atoms with E-state index in [1.54, 1.807) is 0 Å². The first-order valence-corrected chi connectivity index (χ1v) is 5.35. The lowest BCUT2D eigenvalue weighted by atomic mass is 10.0. The minimum absolute atomic E-state index is 0.0897. The number of carbonyl (C=O) groups is 1. The number of carbonyl (C=O) groups excluding carboxylic acids is 1. The Morgan fingerprint density at radius 1 is 1.53 bits per heavy atom. The van der Waals surface area contributed by atoms with Crippen LogP contribution in [0.25, 0.3) is 0 Å². The molecule has 0 unspecified atom stereocenters. The monoisotopic (exact) mass is 217 g/mol. The van der Waals surface area contributed by atoms with Crippen molar-refractivity contribution in [1.29, 1.82) is 0 Å². The summed E-state index contributed by atoms with van der Waals surface area (Å²) in [5.41, 5.74) is 5.48. The molecule has 15 heavy (non-hydrogen) atoms. The van der Waals surface area contributed by atoms with Crippen molar-refractivity contribution in [3.05, 3.63) is 0 Å². The standard InChI is InChI=1S/C10H19NO4/c11-9(1-4-12)10(13)15-7-8-2-5-14-6-3-8/h8-9,12H,1-7,11H2/t9-/m0/s1. The predicted octanol–water partition coefficient (Wildman–Crippen LogP) is -0.334. The normalized spacial score (nSPS) is 19.9. The van der Waals surface area contributed by atoms with Crippen LogP contribution >= 0.6 is 0 Å². The number of aliphatic hydroxyl groups excluding tert-OH is 1. The maximum atomic E-state index is 11.3.